The number of nitrogens with zero attached hydrogens (tertiary/aromatic N) is 4. The molecule has 3 rings (SSSR count). The van der Waals surface area contributed by atoms with Crippen LogP contribution in [0.5, 0.6) is 5.88 Å². The van der Waals surface area contributed by atoms with Gasteiger partial charge in [-0.3, -0.25) is 4.98 Å². The number of hydrogen-bond acceptors (Lipinski definition) is 6. The van der Waals surface area contributed by atoms with Crippen LogP contribution in [-0.2, 0) is 10.0 Å². The van der Waals surface area contributed by atoms with Crippen LogP contribution in [0.4, 0.5) is 5.82 Å². The zero-order valence-corrected chi connectivity index (χ0v) is 15.5. The lowest BCUT2D eigenvalue weighted by molar-refractivity contribution is 0.206. The molecule has 0 radical (unpaired) electrons. The molecule has 1 atom stereocenters. The minimum atomic E-state index is -3.55. The van der Waals surface area contributed by atoms with Crippen LogP contribution in [0.15, 0.2) is 41.6 Å². The van der Waals surface area contributed by atoms with Crippen molar-refractivity contribution < 1.29 is 13.2 Å². The number of aromatic nitrogens is 2. The summed E-state index contributed by atoms with van der Waals surface area (Å²) in [5, 5.41) is 0.501. The van der Waals surface area contributed by atoms with Crippen LogP contribution in [0.3, 0.4) is 0 Å². The van der Waals surface area contributed by atoms with Gasteiger partial charge in [-0.25, -0.2) is 8.42 Å². The Morgan fingerprint density at radius 2 is 1.96 bits per heavy atom. The second kappa shape index (κ2) is 7.15. The fourth-order valence-electron chi connectivity index (χ4n) is 2.55. The second-order valence-corrected chi connectivity index (χ2v) is 8.33. The van der Waals surface area contributed by atoms with Gasteiger partial charge in [-0.15, -0.1) is 0 Å². The third-order valence-corrected chi connectivity index (χ3v) is 6.04. The van der Waals surface area contributed by atoms with Gasteiger partial charge in [0.1, 0.15) is 6.10 Å². The number of halogens is 1. The molecule has 9 heteroatoms. The number of benzene rings is 1. The smallest absolute Gasteiger partial charge is 0.243 e. The summed E-state index contributed by atoms with van der Waals surface area (Å²) in [7, 11) is 0.178. The van der Waals surface area contributed by atoms with Crippen molar-refractivity contribution in [3.63, 3.8) is 0 Å². The Morgan fingerprint density at radius 3 is 2.64 bits per heavy atom. The number of rotatable bonds is 5. The van der Waals surface area contributed by atoms with Gasteiger partial charge in [0.15, 0.2) is 5.82 Å². The zero-order chi connectivity index (χ0) is 18.0. The first-order chi connectivity index (χ1) is 11.9. The van der Waals surface area contributed by atoms with Gasteiger partial charge < -0.3 is 9.64 Å². The molecule has 1 aromatic carbocycles. The lowest BCUT2D eigenvalue weighted by Crippen LogP contribution is -2.31. The number of ether oxygens (including phenoxy) is 1. The van der Waals surface area contributed by atoms with E-state index in [9.17, 15) is 8.42 Å². The van der Waals surface area contributed by atoms with Gasteiger partial charge in [-0.2, -0.15) is 9.29 Å². The van der Waals surface area contributed by atoms with Crippen LogP contribution in [0, 0.1) is 0 Å². The molecular weight excluding hydrogens is 364 g/mol. The largest absolute Gasteiger partial charge is 0.472 e. The average Bonchev–Trinajstić information content (AvgIpc) is 3.05. The van der Waals surface area contributed by atoms with E-state index in [2.05, 4.69) is 9.97 Å². The molecular formula is C16H19ClN4O3S. The van der Waals surface area contributed by atoms with Crippen molar-refractivity contribution in [2.45, 2.75) is 17.4 Å². The lowest BCUT2D eigenvalue weighted by Gasteiger charge is -2.17. The molecule has 0 bridgehead atoms. The molecule has 0 spiro atoms. The predicted octanol–water partition coefficient (Wildman–Crippen LogP) is 2.04. The van der Waals surface area contributed by atoms with Gasteiger partial charge in [0.25, 0.3) is 0 Å². The Balaban J connectivity index is 1.69. The van der Waals surface area contributed by atoms with E-state index < -0.39 is 10.0 Å². The van der Waals surface area contributed by atoms with E-state index in [0.29, 0.717) is 29.7 Å². The summed E-state index contributed by atoms with van der Waals surface area (Å²) in [6.45, 7) is 0.676. The Morgan fingerprint density at radius 1 is 1.24 bits per heavy atom. The molecule has 1 unspecified atom stereocenters. The molecule has 2 heterocycles. The zero-order valence-electron chi connectivity index (χ0n) is 14.0. The van der Waals surface area contributed by atoms with Gasteiger partial charge >= 0.3 is 0 Å². The Bertz CT molecular complexity index is 843. The first-order valence-electron chi connectivity index (χ1n) is 7.78. The average molecular weight is 383 g/mol. The SMILES string of the molecule is CN(C)c1cncc(OC2CCN(S(=O)(=O)c3ccc(Cl)cc3)C2)n1. The first kappa shape index (κ1) is 17.9. The minimum absolute atomic E-state index is 0.229. The van der Waals surface area contributed by atoms with Gasteiger partial charge in [0, 0.05) is 25.7 Å². The summed E-state index contributed by atoms with van der Waals surface area (Å²) in [4.78, 5) is 10.5. The maximum atomic E-state index is 12.7. The highest BCUT2D eigenvalue weighted by molar-refractivity contribution is 7.89. The number of sulfonamides is 1. The van der Waals surface area contributed by atoms with Crippen molar-refractivity contribution in [2.24, 2.45) is 0 Å². The van der Waals surface area contributed by atoms with Gasteiger partial charge in [0.05, 0.1) is 23.8 Å². The number of hydrogen-bond donors (Lipinski definition) is 0. The molecule has 0 saturated carbocycles. The highest BCUT2D eigenvalue weighted by Gasteiger charge is 2.33. The van der Waals surface area contributed by atoms with E-state index in [1.54, 1.807) is 18.3 Å². The molecule has 134 valence electrons. The van der Waals surface area contributed by atoms with Crippen LogP contribution in [0.2, 0.25) is 5.02 Å². The Hall–Kier alpha value is -1.90. The van der Waals surface area contributed by atoms with Crippen molar-refractivity contribution in [3.05, 3.63) is 41.7 Å². The third kappa shape index (κ3) is 4.02. The molecule has 1 aromatic heterocycles. The summed E-state index contributed by atoms with van der Waals surface area (Å²) in [5.41, 5.74) is 0. The molecule has 0 amide bonds. The fraction of sp³-hybridized carbons (Fsp3) is 0.375. The molecule has 1 aliphatic heterocycles. The Labute approximate surface area is 152 Å². The molecule has 7 nitrogen and oxygen atoms in total. The molecule has 1 aliphatic rings. The quantitative estimate of drug-likeness (QED) is 0.787. The maximum Gasteiger partial charge on any atom is 0.243 e. The van der Waals surface area contributed by atoms with Crippen LogP contribution in [0.1, 0.15) is 6.42 Å². The molecule has 1 saturated heterocycles. The van der Waals surface area contributed by atoms with Crippen molar-refractivity contribution in [3.8, 4) is 5.88 Å². The molecule has 0 aliphatic carbocycles. The van der Waals surface area contributed by atoms with E-state index in [1.165, 1.54) is 22.6 Å². The van der Waals surface area contributed by atoms with Crippen molar-refractivity contribution in [1.29, 1.82) is 0 Å². The highest BCUT2D eigenvalue weighted by Crippen LogP contribution is 2.24. The minimum Gasteiger partial charge on any atom is -0.472 e. The normalized spacial score (nSPS) is 18.3. The second-order valence-electron chi connectivity index (χ2n) is 5.96. The van der Waals surface area contributed by atoms with E-state index in [0.717, 1.165) is 0 Å². The fourth-order valence-corrected chi connectivity index (χ4v) is 4.16. The molecule has 25 heavy (non-hydrogen) atoms. The van der Waals surface area contributed by atoms with Crippen LogP contribution < -0.4 is 9.64 Å². The van der Waals surface area contributed by atoms with Crippen molar-refractivity contribution in [2.75, 3.05) is 32.1 Å². The monoisotopic (exact) mass is 382 g/mol. The topological polar surface area (TPSA) is 75.6 Å². The van der Waals surface area contributed by atoms with Crippen LogP contribution >= 0.6 is 11.6 Å². The lowest BCUT2D eigenvalue weighted by atomic mass is 10.3. The van der Waals surface area contributed by atoms with Crippen molar-refractivity contribution in [1.82, 2.24) is 14.3 Å². The third-order valence-electron chi connectivity index (χ3n) is 3.90. The van der Waals surface area contributed by atoms with Gasteiger partial charge in [0.2, 0.25) is 15.9 Å². The van der Waals surface area contributed by atoms with Crippen molar-refractivity contribution >= 4 is 27.4 Å². The summed E-state index contributed by atoms with van der Waals surface area (Å²) >= 11 is 5.83. The maximum absolute atomic E-state index is 12.7. The standard InChI is InChI=1S/C16H19ClN4O3S/c1-20(2)15-9-18-10-16(19-15)24-13-7-8-21(11-13)25(22,23)14-5-3-12(17)4-6-14/h3-6,9-10,13H,7-8,11H2,1-2H3. The summed E-state index contributed by atoms with van der Waals surface area (Å²) in [5.74, 6) is 1.07. The molecule has 0 N–H and O–H groups in total. The first-order valence-corrected chi connectivity index (χ1v) is 9.60. The van der Waals surface area contributed by atoms with E-state index in [4.69, 9.17) is 16.3 Å². The predicted molar refractivity (Wildman–Crippen MR) is 95.6 cm³/mol. The highest BCUT2D eigenvalue weighted by atomic mass is 35.5. The van der Waals surface area contributed by atoms with Gasteiger partial charge in [-0.05, 0) is 30.7 Å². The van der Waals surface area contributed by atoms with Crippen LogP contribution in [-0.4, -0.2) is 56.0 Å². The van der Waals surface area contributed by atoms with Crippen LogP contribution in [0.25, 0.3) is 0 Å². The molecule has 1 fully saturated rings. The Kier molecular flexibility index (Phi) is 5.12. The summed E-state index contributed by atoms with van der Waals surface area (Å²) in [6.07, 6.45) is 3.51. The summed E-state index contributed by atoms with van der Waals surface area (Å²) in [6, 6.07) is 6.16. The molecule has 2 aromatic rings. The van der Waals surface area contributed by atoms with Gasteiger partial charge in [-0.1, -0.05) is 11.6 Å². The van der Waals surface area contributed by atoms with E-state index >= 15 is 0 Å². The number of anilines is 1. The summed E-state index contributed by atoms with van der Waals surface area (Å²) < 4.78 is 32.6. The van der Waals surface area contributed by atoms with E-state index in [-0.39, 0.29) is 17.5 Å². The van der Waals surface area contributed by atoms with E-state index in [1.807, 2.05) is 19.0 Å².